The van der Waals surface area contributed by atoms with Crippen molar-refractivity contribution in [2.75, 3.05) is 19.6 Å². The van der Waals surface area contributed by atoms with Crippen LogP contribution in [0.4, 0.5) is 13.2 Å². The molecule has 10 heteroatoms. The first-order valence-corrected chi connectivity index (χ1v) is 9.96. The van der Waals surface area contributed by atoms with Gasteiger partial charge in [0.25, 0.3) is 0 Å². The first kappa shape index (κ1) is 25.8. The van der Waals surface area contributed by atoms with Crippen LogP contribution in [0.2, 0.25) is 0 Å². The Morgan fingerprint density at radius 2 is 1.91 bits per heavy atom. The Labute approximate surface area is 201 Å². The Kier molecular flexibility index (Phi) is 10.1. The SMILES string of the molecule is CCNC(=NCC(O)c1ccc(OC(F)F)cc1)NCCc1c[nH]c2ccc(F)cc12.I. The largest absolute Gasteiger partial charge is 0.435 e. The summed E-state index contributed by atoms with van der Waals surface area (Å²) < 4.78 is 42.3. The number of fused-ring (bicyclic) bond motifs is 1. The molecule has 6 nitrogen and oxygen atoms in total. The van der Waals surface area contributed by atoms with Crippen molar-refractivity contribution in [1.82, 2.24) is 15.6 Å². The number of rotatable bonds is 9. The molecule has 1 atom stereocenters. The van der Waals surface area contributed by atoms with E-state index in [2.05, 4.69) is 25.3 Å². The number of aliphatic imine (C=N–C) groups is 1. The van der Waals surface area contributed by atoms with Gasteiger partial charge in [0.2, 0.25) is 0 Å². The average Bonchev–Trinajstić information content (AvgIpc) is 3.14. The highest BCUT2D eigenvalue weighted by atomic mass is 127. The first-order valence-electron chi connectivity index (χ1n) is 9.96. The molecule has 2 aromatic carbocycles. The van der Waals surface area contributed by atoms with Gasteiger partial charge in [0.15, 0.2) is 5.96 Å². The zero-order valence-corrected chi connectivity index (χ0v) is 19.8. The van der Waals surface area contributed by atoms with E-state index in [0.29, 0.717) is 31.0 Å². The maximum atomic E-state index is 13.5. The molecular formula is C22H26F3IN4O2. The number of hydrogen-bond donors (Lipinski definition) is 4. The van der Waals surface area contributed by atoms with Gasteiger partial charge in [0, 0.05) is 30.2 Å². The fraction of sp³-hybridized carbons (Fsp3) is 0.318. The molecule has 174 valence electrons. The topological polar surface area (TPSA) is 81.7 Å². The molecule has 0 bridgehead atoms. The third kappa shape index (κ3) is 7.30. The van der Waals surface area contributed by atoms with E-state index >= 15 is 0 Å². The summed E-state index contributed by atoms with van der Waals surface area (Å²) in [5, 5.41) is 17.5. The molecule has 0 aliphatic rings. The lowest BCUT2D eigenvalue weighted by atomic mass is 10.1. The van der Waals surface area contributed by atoms with E-state index in [1.807, 2.05) is 13.1 Å². The number of alkyl halides is 2. The summed E-state index contributed by atoms with van der Waals surface area (Å²) in [5.74, 6) is 0.283. The fourth-order valence-corrected chi connectivity index (χ4v) is 3.17. The van der Waals surface area contributed by atoms with Gasteiger partial charge in [0.1, 0.15) is 11.6 Å². The molecule has 0 spiro atoms. The normalized spacial score (nSPS) is 12.5. The number of hydrogen-bond acceptors (Lipinski definition) is 3. The van der Waals surface area contributed by atoms with Crippen molar-refractivity contribution in [2.45, 2.75) is 26.1 Å². The number of H-pyrrole nitrogens is 1. The fourth-order valence-electron chi connectivity index (χ4n) is 3.17. The summed E-state index contributed by atoms with van der Waals surface area (Å²) in [5.41, 5.74) is 2.41. The van der Waals surface area contributed by atoms with Crippen molar-refractivity contribution < 1.29 is 23.0 Å². The Bertz CT molecular complexity index is 1010. The van der Waals surface area contributed by atoms with Crippen LogP contribution in [-0.4, -0.2) is 42.3 Å². The van der Waals surface area contributed by atoms with Gasteiger partial charge in [-0.25, -0.2) is 4.39 Å². The number of nitrogens with one attached hydrogen (secondary N) is 3. The standard InChI is InChI=1S/C22H25F3N4O2.HI/c1-2-26-22(27-10-9-15-12-28-19-8-5-16(23)11-18(15)19)29-13-20(30)14-3-6-17(7-4-14)31-21(24)25;/h3-8,11-12,20-21,28,30H,2,9-10,13H2,1H3,(H2,26,27,29);1H. The quantitative estimate of drug-likeness (QED) is 0.178. The lowest BCUT2D eigenvalue weighted by molar-refractivity contribution is -0.0498. The van der Waals surface area contributed by atoms with Crippen LogP contribution in [0, 0.1) is 5.82 Å². The molecule has 0 amide bonds. The molecule has 1 heterocycles. The number of aromatic amines is 1. The molecule has 32 heavy (non-hydrogen) atoms. The van der Waals surface area contributed by atoms with Gasteiger partial charge in [-0.2, -0.15) is 8.78 Å². The molecule has 0 saturated carbocycles. The number of aliphatic hydroxyl groups excluding tert-OH is 1. The van der Waals surface area contributed by atoms with E-state index in [1.165, 1.54) is 36.4 Å². The lowest BCUT2D eigenvalue weighted by Gasteiger charge is -2.14. The van der Waals surface area contributed by atoms with Gasteiger partial charge in [-0.15, -0.1) is 24.0 Å². The second-order valence-electron chi connectivity index (χ2n) is 6.86. The van der Waals surface area contributed by atoms with Crippen molar-refractivity contribution in [3.8, 4) is 5.75 Å². The van der Waals surface area contributed by atoms with Crippen LogP contribution in [0.15, 0.2) is 53.7 Å². The van der Waals surface area contributed by atoms with Crippen LogP contribution in [-0.2, 0) is 6.42 Å². The van der Waals surface area contributed by atoms with E-state index < -0.39 is 12.7 Å². The number of aromatic nitrogens is 1. The molecule has 0 fully saturated rings. The molecular weight excluding hydrogens is 536 g/mol. The highest BCUT2D eigenvalue weighted by molar-refractivity contribution is 14.0. The minimum Gasteiger partial charge on any atom is -0.435 e. The minimum atomic E-state index is -2.89. The average molecular weight is 562 g/mol. The third-order valence-electron chi connectivity index (χ3n) is 4.67. The molecule has 0 aliphatic heterocycles. The van der Waals surface area contributed by atoms with Crippen LogP contribution in [0.3, 0.4) is 0 Å². The van der Waals surface area contributed by atoms with Gasteiger partial charge < -0.3 is 25.5 Å². The minimum absolute atomic E-state index is 0. The predicted octanol–water partition coefficient (Wildman–Crippen LogP) is 4.36. The zero-order chi connectivity index (χ0) is 22.2. The Balaban J connectivity index is 0.00000363. The van der Waals surface area contributed by atoms with Crippen LogP contribution in [0.25, 0.3) is 10.9 Å². The van der Waals surface area contributed by atoms with Crippen molar-refractivity contribution in [3.63, 3.8) is 0 Å². The molecule has 0 radical (unpaired) electrons. The summed E-state index contributed by atoms with van der Waals surface area (Å²) in [6.07, 6.45) is 1.62. The van der Waals surface area contributed by atoms with Crippen molar-refractivity contribution in [1.29, 1.82) is 0 Å². The van der Waals surface area contributed by atoms with E-state index in [4.69, 9.17) is 0 Å². The smallest absolute Gasteiger partial charge is 0.387 e. The summed E-state index contributed by atoms with van der Waals surface area (Å²) in [6, 6.07) is 10.4. The molecule has 4 N–H and O–H groups in total. The summed E-state index contributed by atoms with van der Waals surface area (Å²) >= 11 is 0. The molecule has 0 saturated heterocycles. The van der Waals surface area contributed by atoms with Gasteiger partial charge in [-0.05, 0) is 54.8 Å². The molecule has 1 aromatic heterocycles. The van der Waals surface area contributed by atoms with E-state index in [-0.39, 0.29) is 42.1 Å². The number of nitrogens with zero attached hydrogens (tertiary/aromatic N) is 1. The highest BCUT2D eigenvalue weighted by Gasteiger charge is 2.10. The molecule has 1 unspecified atom stereocenters. The summed E-state index contributed by atoms with van der Waals surface area (Å²) in [7, 11) is 0. The monoisotopic (exact) mass is 562 g/mol. The lowest BCUT2D eigenvalue weighted by Crippen LogP contribution is -2.38. The van der Waals surface area contributed by atoms with Crippen molar-refractivity contribution in [3.05, 3.63) is 65.6 Å². The molecule has 3 aromatic rings. The Morgan fingerprint density at radius 3 is 2.59 bits per heavy atom. The molecule has 3 rings (SSSR count). The van der Waals surface area contributed by atoms with Gasteiger partial charge in [-0.3, -0.25) is 4.99 Å². The van der Waals surface area contributed by atoms with E-state index in [0.717, 1.165) is 16.5 Å². The maximum Gasteiger partial charge on any atom is 0.387 e. The number of guanidine groups is 1. The van der Waals surface area contributed by atoms with Crippen LogP contribution < -0.4 is 15.4 Å². The number of benzene rings is 2. The van der Waals surface area contributed by atoms with Gasteiger partial charge >= 0.3 is 6.61 Å². The van der Waals surface area contributed by atoms with Crippen molar-refractivity contribution in [2.24, 2.45) is 4.99 Å². The Morgan fingerprint density at radius 1 is 1.16 bits per heavy atom. The Hall–Kier alpha value is -2.47. The number of ether oxygens (including phenoxy) is 1. The highest BCUT2D eigenvalue weighted by Crippen LogP contribution is 2.20. The maximum absolute atomic E-state index is 13.5. The van der Waals surface area contributed by atoms with Gasteiger partial charge in [-0.1, -0.05) is 12.1 Å². The van der Waals surface area contributed by atoms with Crippen LogP contribution in [0.5, 0.6) is 5.75 Å². The number of halogens is 4. The first-order chi connectivity index (χ1) is 15.0. The third-order valence-corrected chi connectivity index (χ3v) is 4.67. The summed E-state index contributed by atoms with van der Waals surface area (Å²) in [6.45, 7) is 0.322. The van der Waals surface area contributed by atoms with Crippen LogP contribution in [0.1, 0.15) is 24.2 Å². The number of aliphatic hydroxyl groups is 1. The van der Waals surface area contributed by atoms with E-state index in [1.54, 1.807) is 6.07 Å². The molecule has 0 aliphatic carbocycles. The van der Waals surface area contributed by atoms with Crippen LogP contribution >= 0.6 is 24.0 Å². The zero-order valence-electron chi connectivity index (χ0n) is 17.4. The van der Waals surface area contributed by atoms with Gasteiger partial charge in [0.05, 0.1) is 12.6 Å². The second kappa shape index (κ2) is 12.5. The van der Waals surface area contributed by atoms with E-state index in [9.17, 15) is 18.3 Å². The second-order valence-corrected chi connectivity index (χ2v) is 6.86. The summed E-state index contributed by atoms with van der Waals surface area (Å²) in [4.78, 5) is 7.51. The van der Waals surface area contributed by atoms with Crippen molar-refractivity contribution >= 4 is 40.8 Å². The predicted molar refractivity (Wildman–Crippen MR) is 129 cm³/mol.